The van der Waals surface area contributed by atoms with Crippen LogP contribution in [-0.2, 0) is 5.41 Å². The summed E-state index contributed by atoms with van der Waals surface area (Å²) >= 11 is 0. The summed E-state index contributed by atoms with van der Waals surface area (Å²) in [6.07, 6.45) is 2.41. The van der Waals surface area contributed by atoms with E-state index < -0.39 is 5.41 Å². The van der Waals surface area contributed by atoms with Crippen molar-refractivity contribution in [2.24, 2.45) is 0 Å². The summed E-state index contributed by atoms with van der Waals surface area (Å²) in [5, 5.41) is 9.33. The summed E-state index contributed by atoms with van der Waals surface area (Å²) in [7, 11) is 0. The highest BCUT2D eigenvalue weighted by atomic mass is 19.1. The van der Waals surface area contributed by atoms with Crippen LogP contribution >= 0.6 is 0 Å². The second kappa shape index (κ2) is 4.06. The number of hydrogen-bond acceptors (Lipinski definition) is 2. The zero-order chi connectivity index (χ0) is 11.8. The minimum absolute atomic E-state index is 0.0303. The molecule has 0 radical (unpaired) electrons. The van der Waals surface area contributed by atoms with Crippen molar-refractivity contribution in [2.75, 3.05) is 6.61 Å². The highest BCUT2D eigenvalue weighted by Gasteiger charge is 2.29. The van der Waals surface area contributed by atoms with Gasteiger partial charge in [-0.25, -0.2) is 4.39 Å². The maximum Gasteiger partial charge on any atom is 0.123 e. The Morgan fingerprint density at radius 1 is 1.44 bits per heavy atom. The quantitative estimate of drug-likeness (QED) is 0.852. The summed E-state index contributed by atoms with van der Waals surface area (Å²) in [5.41, 5.74) is 0.258. The van der Waals surface area contributed by atoms with Crippen LogP contribution in [0.15, 0.2) is 18.2 Å². The van der Waals surface area contributed by atoms with Crippen molar-refractivity contribution < 1.29 is 14.2 Å². The van der Waals surface area contributed by atoms with E-state index in [1.165, 1.54) is 12.1 Å². The van der Waals surface area contributed by atoms with Gasteiger partial charge in [-0.2, -0.15) is 0 Å². The number of halogens is 1. The van der Waals surface area contributed by atoms with Crippen molar-refractivity contribution in [1.82, 2.24) is 0 Å². The molecule has 1 N–H and O–H groups in total. The molecule has 1 aromatic rings. The van der Waals surface area contributed by atoms with Crippen LogP contribution in [0, 0.1) is 5.82 Å². The molecule has 0 spiro atoms. The molecule has 0 bridgehead atoms. The molecule has 1 aliphatic carbocycles. The van der Waals surface area contributed by atoms with E-state index in [4.69, 9.17) is 4.74 Å². The van der Waals surface area contributed by atoms with Gasteiger partial charge in [0.15, 0.2) is 0 Å². The number of benzene rings is 1. The molecule has 0 amide bonds. The van der Waals surface area contributed by atoms with Crippen LogP contribution in [-0.4, -0.2) is 17.8 Å². The average molecular weight is 224 g/mol. The number of aliphatic hydroxyl groups excluding tert-OH is 1. The minimum Gasteiger partial charge on any atom is -0.490 e. The van der Waals surface area contributed by atoms with Crippen molar-refractivity contribution in [3.05, 3.63) is 29.6 Å². The van der Waals surface area contributed by atoms with Gasteiger partial charge in [0, 0.05) is 11.0 Å². The molecule has 2 rings (SSSR count). The van der Waals surface area contributed by atoms with Gasteiger partial charge in [-0.15, -0.1) is 0 Å². The van der Waals surface area contributed by atoms with E-state index in [1.54, 1.807) is 6.07 Å². The molecule has 1 saturated carbocycles. The first-order chi connectivity index (χ1) is 7.53. The first-order valence-corrected chi connectivity index (χ1v) is 5.60. The van der Waals surface area contributed by atoms with Gasteiger partial charge in [0.05, 0.1) is 12.7 Å². The molecule has 1 fully saturated rings. The van der Waals surface area contributed by atoms with Crippen LogP contribution in [0.2, 0.25) is 0 Å². The van der Waals surface area contributed by atoms with E-state index >= 15 is 0 Å². The van der Waals surface area contributed by atoms with Crippen molar-refractivity contribution in [3.63, 3.8) is 0 Å². The molecule has 0 heterocycles. The van der Waals surface area contributed by atoms with Gasteiger partial charge in [0.1, 0.15) is 11.6 Å². The van der Waals surface area contributed by atoms with Crippen LogP contribution in [0.5, 0.6) is 5.75 Å². The second-order valence-corrected chi connectivity index (χ2v) is 5.00. The number of aliphatic hydroxyl groups is 1. The number of hydrogen-bond donors (Lipinski definition) is 1. The van der Waals surface area contributed by atoms with Gasteiger partial charge in [-0.3, -0.25) is 0 Å². The van der Waals surface area contributed by atoms with Gasteiger partial charge in [0.2, 0.25) is 0 Å². The summed E-state index contributed by atoms with van der Waals surface area (Å²) in [5.74, 6) is 0.405. The molecule has 16 heavy (non-hydrogen) atoms. The monoisotopic (exact) mass is 224 g/mol. The SMILES string of the molecule is CC(C)(CO)c1cc(F)ccc1OC1CC1. The minimum atomic E-state index is -0.480. The van der Waals surface area contributed by atoms with E-state index in [9.17, 15) is 9.50 Å². The first-order valence-electron chi connectivity index (χ1n) is 5.60. The molecule has 88 valence electrons. The van der Waals surface area contributed by atoms with E-state index in [1.807, 2.05) is 13.8 Å². The standard InChI is InChI=1S/C13H17FO2/c1-13(2,8-15)11-7-9(14)3-6-12(11)16-10-4-5-10/h3,6-7,10,15H,4-5,8H2,1-2H3. The summed E-state index contributed by atoms with van der Waals surface area (Å²) in [6, 6.07) is 4.50. The fourth-order valence-corrected chi connectivity index (χ4v) is 1.58. The third kappa shape index (κ3) is 2.35. The van der Waals surface area contributed by atoms with Gasteiger partial charge in [-0.05, 0) is 31.0 Å². The maximum atomic E-state index is 13.2. The van der Waals surface area contributed by atoms with Crippen molar-refractivity contribution in [1.29, 1.82) is 0 Å². The molecule has 0 unspecified atom stereocenters. The van der Waals surface area contributed by atoms with E-state index in [0.29, 0.717) is 5.75 Å². The lowest BCUT2D eigenvalue weighted by Crippen LogP contribution is -2.23. The molecular formula is C13H17FO2. The van der Waals surface area contributed by atoms with Crippen LogP contribution in [0.25, 0.3) is 0 Å². The second-order valence-electron chi connectivity index (χ2n) is 5.00. The molecular weight excluding hydrogens is 207 g/mol. The third-order valence-electron chi connectivity index (χ3n) is 2.88. The fourth-order valence-electron chi connectivity index (χ4n) is 1.58. The van der Waals surface area contributed by atoms with Crippen LogP contribution in [0.3, 0.4) is 0 Å². The normalized spacial score (nSPS) is 16.2. The molecule has 1 aromatic carbocycles. The van der Waals surface area contributed by atoms with Gasteiger partial charge in [-0.1, -0.05) is 13.8 Å². The molecule has 0 aliphatic heterocycles. The number of ether oxygens (including phenoxy) is 1. The molecule has 1 aliphatic rings. The topological polar surface area (TPSA) is 29.5 Å². The van der Waals surface area contributed by atoms with Crippen LogP contribution in [0.4, 0.5) is 4.39 Å². The van der Waals surface area contributed by atoms with Crippen LogP contribution < -0.4 is 4.74 Å². The molecule has 0 saturated heterocycles. The lowest BCUT2D eigenvalue weighted by Gasteiger charge is -2.25. The smallest absolute Gasteiger partial charge is 0.123 e. The molecule has 2 nitrogen and oxygen atoms in total. The predicted octanol–water partition coefficient (Wildman–Crippen LogP) is 2.64. The Balaban J connectivity index is 2.34. The zero-order valence-corrected chi connectivity index (χ0v) is 9.66. The fraction of sp³-hybridized carbons (Fsp3) is 0.538. The Morgan fingerprint density at radius 3 is 2.69 bits per heavy atom. The lowest BCUT2D eigenvalue weighted by atomic mass is 9.85. The third-order valence-corrected chi connectivity index (χ3v) is 2.88. The Kier molecular flexibility index (Phi) is 2.89. The summed E-state index contributed by atoms with van der Waals surface area (Å²) < 4.78 is 19.0. The first kappa shape index (κ1) is 11.4. The Morgan fingerprint density at radius 2 is 2.12 bits per heavy atom. The van der Waals surface area contributed by atoms with Gasteiger partial charge < -0.3 is 9.84 Å². The maximum absolute atomic E-state index is 13.2. The van der Waals surface area contributed by atoms with Crippen molar-refractivity contribution >= 4 is 0 Å². The van der Waals surface area contributed by atoms with Crippen molar-refractivity contribution in [3.8, 4) is 5.75 Å². The summed E-state index contributed by atoms with van der Waals surface area (Å²) in [6.45, 7) is 3.72. The predicted molar refractivity (Wildman–Crippen MR) is 60.2 cm³/mol. The highest BCUT2D eigenvalue weighted by molar-refractivity contribution is 5.39. The Hall–Kier alpha value is -1.09. The van der Waals surface area contributed by atoms with Gasteiger partial charge >= 0.3 is 0 Å². The highest BCUT2D eigenvalue weighted by Crippen LogP contribution is 2.35. The zero-order valence-electron chi connectivity index (χ0n) is 9.66. The molecule has 0 atom stereocenters. The van der Waals surface area contributed by atoms with E-state index in [-0.39, 0.29) is 18.5 Å². The molecule has 0 aromatic heterocycles. The largest absolute Gasteiger partial charge is 0.490 e. The summed E-state index contributed by atoms with van der Waals surface area (Å²) in [4.78, 5) is 0. The van der Waals surface area contributed by atoms with Gasteiger partial charge in [0.25, 0.3) is 0 Å². The Labute approximate surface area is 95.1 Å². The molecule has 3 heteroatoms. The lowest BCUT2D eigenvalue weighted by molar-refractivity contribution is 0.210. The van der Waals surface area contributed by atoms with Crippen LogP contribution in [0.1, 0.15) is 32.3 Å². The van der Waals surface area contributed by atoms with E-state index in [2.05, 4.69) is 0 Å². The van der Waals surface area contributed by atoms with Crippen molar-refractivity contribution in [2.45, 2.75) is 38.2 Å². The Bertz CT molecular complexity index is 384. The van der Waals surface area contributed by atoms with E-state index in [0.717, 1.165) is 18.4 Å². The number of rotatable bonds is 4. The average Bonchev–Trinajstić information content (AvgIpc) is 3.04.